The molecule has 25 heavy (non-hydrogen) atoms. The van der Waals surface area contributed by atoms with Gasteiger partial charge in [0.15, 0.2) is 5.69 Å². The van der Waals surface area contributed by atoms with Crippen LogP contribution in [-0.2, 0) is 12.8 Å². The molecular formula is C17H19N5O3. The molecule has 8 nitrogen and oxygen atoms in total. The largest absolute Gasteiger partial charge is 0.360 e. The average Bonchev–Trinajstić information content (AvgIpc) is 3.38. The van der Waals surface area contributed by atoms with Gasteiger partial charge in [0.1, 0.15) is 5.76 Å². The first-order chi connectivity index (χ1) is 12.2. The lowest BCUT2D eigenvalue weighted by atomic mass is 9.91. The van der Waals surface area contributed by atoms with E-state index in [1.54, 1.807) is 6.07 Å². The van der Waals surface area contributed by atoms with Crippen LogP contribution in [-0.4, -0.2) is 39.8 Å². The molecule has 2 aliphatic carbocycles. The summed E-state index contributed by atoms with van der Waals surface area (Å²) in [6.45, 7) is 0.690. The summed E-state index contributed by atoms with van der Waals surface area (Å²) in [5.74, 6) is 0.960. The Morgan fingerprint density at radius 2 is 2.08 bits per heavy atom. The number of hydrogen-bond acceptors (Lipinski definition) is 6. The quantitative estimate of drug-likeness (QED) is 0.836. The molecule has 2 aliphatic rings. The van der Waals surface area contributed by atoms with Gasteiger partial charge in [-0.3, -0.25) is 9.59 Å². The lowest BCUT2D eigenvalue weighted by molar-refractivity contribution is 0.0930. The van der Waals surface area contributed by atoms with Crippen molar-refractivity contribution in [2.75, 3.05) is 6.54 Å². The van der Waals surface area contributed by atoms with E-state index in [4.69, 9.17) is 4.52 Å². The SMILES string of the molecule is O=C(NC1CCc2onc(C(=O)NCC3CC3)c2C1)c1ccnnc1. The third kappa shape index (κ3) is 3.52. The number of aryl methyl sites for hydroxylation is 1. The summed E-state index contributed by atoms with van der Waals surface area (Å²) in [6, 6.07) is 1.55. The maximum absolute atomic E-state index is 12.3. The van der Waals surface area contributed by atoms with Crippen LogP contribution in [0.5, 0.6) is 0 Å². The minimum atomic E-state index is -0.195. The first-order valence-corrected chi connectivity index (χ1v) is 8.54. The zero-order valence-electron chi connectivity index (χ0n) is 13.7. The summed E-state index contributed by atoms with van der Waals surface area (Å²) in [5, 5.41) is 17.2. The lowest BCUT2D eigenvalue weighted by Crippen LogP contribution is -2.39. The molecule has 0 radical (unpaired) electrons. The van der Waals surface area contributed by atoms with Crippen LogP contribution in [0, 0.1) is 5.92 Å². The predicted molar refractivity (Wildman–Crippen MR) is 86.9 cm³/mol. The molecule has 2 aromatic rings. The normalized spacial score (nSPS) is 19.1. The maximum atomic E-state index is 12.3. The number of rotatable bonds is 5. The number of nitrogens with zero attached hydrogens (tertiary/aromatic N) is 3. The van der Waals surface area contributed by atoms with Gasteiger partial charge in [0.2, 0.25) is 0 Å². The number of hydrogen-bond donors (Lipinski definition) is 2. The monoisotopic (exact) mass is 341 g/mol. The molecule has 1 saturated carbocycles. The Kier molecular flexibility index (Phi) is 4.17. The fraction of sp³-hybridized carbons (Fsp3) is 0.471. The van der Waals surface area contributed by atoms with Gasteiger partial charge >= 0.3 is 0 Å². The van der Waals surface area contributed by atoms with E-state index in [0.717, 1.165) is 17.7 Å². The van der Waals surface area contributed by atoms with Gasteiger partial charge in [0.05, 0.1) is 18.0 Å². The molecule has 8 heteroatoms. The van der Waals surface area contributed by atoms with Gasteiger partial charge in [-0.15, -0.1) is 0 Å². The fourth-order valence-corrected chi connectivity index (χ4v) is 3.04. The highest BCUT2D eigenvalue weighted by molar-refractivity contribution is 5.95. The van der Waals surface area contributed by atoms with Crippen LogP contribution in [0.3, 0.4) is 0 Å². The van der Waals surface area contributed by atoms with Gasteiger partial charge < -0.3 is 15.2 Å². The van der Waals surface area contributed by atoms with Crippen LogP contribution in [0.4, 0.5) is 0 Å². The molecule has 2 heterocycles. The van der Waals surface area contributed by atoms with Crippen molar-refractivity contribution in [3.05, 3.63) is 41.0 Å². The topological polar surface area (TPSA) is 110 Å². The second-order valence-electron chi connectivity index (χ2n) is 6.63. The highest BCUT2D eigenvalue weighted by Crippen LogP contribution is 2.28. The molecule has 4 rings (SSSR count). The van der Waals surface area contributed by atoms with Gasteiger partial charge in [0, 0.05) is 24.6 Å². The minimum absolute atomic E-state index is 0.0671. The molecule has 1 fully saturated rings. The van der Waals surface area contributed by atoms with Gasteiger partial charge in [-0.2, -0.15) is 10.2 Å². The summed E-state index contributed by atoms with van der Waals surface area (Å²) >= 11 is 0. The van der Waals surface area contributed by atoms with Crippen LogP contribution in [0.1, 0.15) is 51.4 Å². The van der Waals surface area contributed by atoms with Gasteiger partial charge in [0.25, 0.3) is 11.8 Å². The summed E-state index contributed by atoms with van der Waals surface area (Å²) in [7, 11) is 0. The smallest absolute Gasteiger partial charge is 0.273 e. The number of aromatic nitrogens is 3. The van der Waals surface area contributed by atoms with E-state index in [0.29, 0.717) is 36.6 Å². The van der Waals surface area contributed by atoms with Crippen LogP contribution >= 0.6 is 0 Å². The van der Waals surface area contributed by atoms with E-state index >= 15 is 0 Å². The van der Waals surface area contributed by atoms with Gasteiger partial charge in [-0.05, 0) is 37.7 Å². The number of carbonyl (C=O) groups excluding carboxylic acids is 2. The third-order valence-corrected chi connectivity index (χ3v) is 4.68. The lowest BCUT2D eigenvalue weighted by Gasteiger charge is -2.22. The highest BCUT2D eigenvalue weighted by Gasteiger charge is 2.30. The van der Waals surface area contributed by atoms with E-state index in [1.165, 1.54) is 25.2 Å². The molecule has 0 aromatic carbocycles. The van der Waals surface area contributed by atoms with Crippen molar-refractivity contribution in [3.63, 3.8) is 0 Å². The molecular weight excluding hydrogens is 322 g/mol. The van der Waals surface area contributed by atoms with E-state index in [-0.39, 0.29) is 17.9 Å². The summed E-state index contributed by atoms with van der Waals surface area (Å²) < 4.78 is 5.33. The fourth-order valence-electron chi connectivity index (χ4n) is 3.04. The van der Waals surface area contributed by atoms with Crippen molar-refractivity contribution in [1.82, 2.24) is 26.0 Å². The Bertz CT molecular complexity index is 785. The zero-order chi connectivity index (χ0) is 17.2. The van der Waals surface area contributed by atoms with E-state index in [2.05, 4.69) is 26.0 Å². The molecule has 2 aromatic heterocycles. The first kappa shape index (κ1) is 15.7. The highest BCUT2D eigenvalue weighted by atomic mass is 16.5. The van der Waals surface area contributed by atoms with Crippen molar-refractivity contribution in [2.45, 2.75) is 38.1 Å². The van der Waals surface area contributed by atoms with Crippen molar-refractivity contribution < 1.29 is 14.1 Å². The average molecular weight is 341 g/mol. The number of fused-ring (bicyclic) bond motifs is 1. The van der Waals surface area contributed by atoms with Crippen LogP contribution in [0.2, 0.25) is 0 Å². The molecule has 130 valence electrons. The standard InChI is InChI=1S/C17H19N5O3/c23-16(11-5-6-19-20-9-11)21-12-3-4-14-13(7-12)15(22-25-14)17(24)18-8-10-1-2-10/h5-6,9-10,12H,1-4,7-8H2,(H,18,24)(H,21,23). The Morgan fingerprint density at radius 3 is 2.84 bits per heavy atom. The molecule has 1 unspecified atom stereocenters. The number of carbonyl (C=O) groups is 2. The third-order valence-electron chi connectivity index (χ3n) is 4.68. The van der Waals surface area contributed by atoms with E-state index in [9.17, 15) is 9.59 Å². The van der Waals surface area contributed by atoms with Crippen molar-refractivity contribution in [1.29, 1.82) is 0 Å². The van der Waals surface area contributed by atoms with Crippen molar-refractivity contribution >= 4 is 11.8 Å². The summed E-state index contributed by atoms with van der Waals surface area (Å²) in [4.78, 5) is 24.6. The van der Waals surface area contributed by atoms with Crippen LogP contribution < -0.4 is 10.6 Å². The van der Waals surface area contributed by atoms with Crippen molar-refractivity contribution in [2.24, 2.45) is 5.92 Å². The van der Waals surface area contributed by atoms with E-state index in [1.807, 2.05) is 0 Å². The van der Waals surface area contributed by atoms with Gasteiger partial charge in [-0.25, -0.2) is 0 Å². The van der Waals surface area contributed by atoms with Crippen LogP contribution in [0.25, 0.3) is 0 Å². The number of nitrogens with one attached hydrogen (secondary N) is 2. The zero-order valence-corrected chi connectivity index (χ0v) is 13.7. The Labute approximate surface area is 144 Å². The second kappa shape index (κ2) is 6.62. The minimum Gasteiger partial charge on any atom is -0.360 e. The summed E-state index contributed by atoms with van der Waals surface area (Å²) in [5.41, 5.74) is 1.62. The molecule has 2 amide bonds. The predicted octanol–water partition coefficient (Wildman–Crippen LogP) is 0.892. The number of amides is 2. The maximum Gasteiger partial charge on any atom is 0.273 e. The molecule has 0 spiro atoms. The Morgan fingerprint density at radius 1 is 1.20 bits per heavy atom. The summed E-state index contributed by atoms with van der Waals surface area (Å²) in [6.07, 6.45) is 7.20. The first-order valence-electron chi connectivity index (χ1n) is 8.54. The molecule has 1 atom stereocenters. The Balaban J connectivity index is 1.42. The second-order valence-corrected chi connectivity index (χ2v) is 6.63. The van der Waals surface area contributed by atoms with Gasteiger partial charge in [-0.1, -0.05) is 5.16 Å². The Hall–Kier alpha value is -2.77. The molecule has 0 aliphatic heterocycles. The van der Waals surface area contributed by atoms with Crippen LogP contribution in [0.15, 0.2) is 23.0 Å². The molecule has 2 N–H and O–H groups in total. The van der Waals surface area contributed by atoms with E-state index < -0.39 is 0 Å². The van der Waals surface area contributed by atoms with Crippen molar-refractivity contribution in [3.8, 4) is 0 Å². The molecule has 0 saturated heterocycles. The molecule has 0 bridgehead atoms.